The highest BCUT2D eigenvalue weighted by Crippen LogP contribution is 2.40. The number of thiocarbonyl (C=S) groups is 1. The molecule has 0 radical (unpaired) electrons. The summed E-state index contributed by atoms with van der Waals surface area (Å²) in [5.41, 5.74) is 2.20. The maximum atomic E-state index is 6.02. The number of fused-ring (bicyclic) bond motifs is 4. The average Bonchev–Trinajstić information content (AvgIpc) is 2.27. The van der Waals surface area contributed by atoms with Gasteiger partial charge in [-0.2, -0.15) is 0 Å². The highest BCUT2D eigenvalue weighted by molar-refractivity contribution is 7.80. The molecule has 2 unspecified atom stereocenters. The Labute approximate surface area is 107 Å². The van der Waals surface area contributed by atoms with Gasteiger partial charge in [-0.05, 0) is 37.2 Å². The number of hydrogen-bond donors (Lipinski definition) is 2. The van der Waals surface area contributed by atoms with Crippen molar-refractivity contribution in [2.45, 2.75) is 38.5 Å². The molecule has 1 saturated heterocycles. The van der Waals surface area contributed by atoms with Crippen LogP contribution in [0.3, 0.4) is 0 Å². The lowest BCUT2D eigenvalue weighted by atomic mass is 9.90. The quantitative estimate of drug-likeness (QED) is 0.747. The summed E-state index contributed by atoms with van der Waals surface area (Å²) < 4.78 is 6.02. The monoisotopic (exact) mass is 248 g/mol. The van der Waals surface area contributed by atoms with Crippen molar-refractivity contribution >= 4 is 17.3 Å². The molecular formula is C13H16N2OS. The molecule has 0 aromatic heterocycles. The van der Waals surface area contributed by atoms with Crippen molar-refractivity contribution in [1.82, 2.24) is 10.6 Å². The zero-order chi connectivity index (χ0) is 12.0. The van der Waals surface area contributed by atoms with Crippen molar-refractivity contribution in [1.29, 1.82) is 0 Å². The first kappa shape index (κ1) is 10.8. The summed E-state index contributed by atoms with van der Waals surface area (Å²) in [6.07, 6.45) is 1.94. The molecule has 2 aliphatic rings. The zero-order valence-electron chi connectivity index (χ0n) is 10.0. The van der Waals surface area contributed by atoms with Crippen LogP contribution in [0, 0.1) is 0 Å². The molecule has 3 rings (SSSR count). The van der Waals surface area contributed by atoms with Crippen molar-refractivity contribution in [3.63, 3.8) is 0 Å². The number of ether oxygens (including phenoxy) is 1. The first-order valence-corrected chi connectivity index (χ1v) is 6.41. The van der Waals surface area contributed by atoms with E-state index in [0.29, 0.717) is 5.11 Å². The van der Waals surface area contributed by atoms with Gasteiger partial charge in [-0.15, -0.1) is 0 Å². The Morgan fingerprint density at radius 2 is 2.35 bits per heavy atom. The highest BCUT2D eigenvalue weighted by Gasteiger charge is 2.41. The molecule has 2 N–H and O–H groups in total. The Kier molecular flexibility index (Phi) is 2.30. The Bertz CT molecular complexity index is 488. The molecule has 1 aromatic carbocycles. The average molecular weight is 248 g/mol. The summed E-state index contributed by atoms with van der Waals surface area (Å²) >= 11 is 5.22. The van der Waals surface area contributed by atoms with Crippen LogP contribution >= 0.6 is 12.2 Å². The molecule has 0 aliphatic carbocycles. The molecule has 2 heterocycles. The van der Waals surface area contributed by atoms with Crippen molar-refractivity contribution in [3.8, 4) is 5.75 Å². The minimum atomic E-state index is -0.367. The standard InChI is InChI=1S/C13H16N2OS/c1-3-8-4-5-11-9(6-8)10-7-13(2,16-11)15-12(17)14-10/h4-6,10H,3,7H2,1-2H3,(H2,14,15,17). The first-order chi connectivity index (χ1) is 8.09. The zero-order valence-corrected chi connectivity index (χ0v) is 10.9. The molecule has 2 aliphatic heterocycles. The van der Waals surface area contributed by atoms with E-state index in [4.69, 9.17) is 17.0 Å². The van der Waals surface area contributed by atoms with Gasteiger partial charge in [0.1, 0.15) is 5.75 Å². The number of rotatable bonds is 1. The van der Waals surface area contributed by atoms with Crippen LogP contribution in [0.1, 0.15) is 37.4 Å². The van der Waals surface area contributed by atoms with E-state index >= 15 is 0 Å². The lowest BCUT2D eigenvalue weighted by Gasteiger charge is -2.45. The minimum Gasteiger partial charge on any atom is -0.468 e. The maximum Gasteiger partial charge on any atom is 0.181 e. The second-order valence-electron chi connectivity index (χ2n) is 4.91. The molecule has 1 aromatic rings. The van der Waals surface area contributed by atoms with Crippen LogP contribution in [-0.4, -0.2) is 10.8 Å². The van der Waals surface area contributed by atoms with Gasteiger partial charge in [-0.1, -0.05) is 19.1 Å². The second-order valence-corrected chi connectivity index (χ2v) is 5.32. The summed E-state index contributed by atoms with van der Waals surface area (Å²) in [6.45, 7) is 4.21. The predicted molar refractivity (Wildman–Crippen MR) is 71.1 cm³/mol. The minimum absolute atomic E-state index is 0.268. The fraction of sp³-hybridized carbons (Fsp3) is 0.462. The SMILES string of the molecule is CCc1ccc2c(c1)C1CC(C)(NC(=S)N1)O2. The van der Waals surface area contributed by atoms with E-state index in [1.165, 1.54) is 11.1 Å². The maximum absolute atomic E-state index is 6.02. The van der Waals surface area contributed by atoms with Gasteiger partial charge >= 0.3 is 0 Å². The van der Waals surface area contributed by atoms with E-state index in [2.05, 4.69) is 35.8 Å². The van der Waals surface area contributed by atoms with Crippen LogP contribution in [-0.2, 0) is 6.42 Å². The Morgan fingerprint density at radius 1 is 1.53 bits per heavy atom. The summed E-state index contributed by atoms with van der Waals surface area (Å²) in [7, 11) is 0. The third-order valence-corrected chi connectivity index (χ3v) is 3.69. The van der Waals surface area contributed by atoms with E-state index in [1.807, 2.05) is 6.92 Å². The molecule has 0 amide bonds. The Balaban J connectivity index is 2.07. The van der Waals surface area contributed by atoms with Crippen LogP contribution in [0.4, 0.5) is 0 Å². The number of aryl methyl sites for hydroxylation is 1. The molecule has 17 heavy (non-hydrogen) atoms. The summed E-state index contributed by atoms with van der Waals surface area (Å²) in [5.74, 6) is 0.962. The molecular weight excluding hydrogens is 232 g/mol. The number of nitrogens with one attached hydrogen (secondary N) is 2. The highest BCUT2D eigenvalue weighted by atomic mass is 32.1. The number of benzene rings is 1. The van der Waals surface area contributed by atoms with Crippen LogP contribution in [0.5, 0.6) is 5.75 Å². The normalized spacial score (nSPS) is 29.8. The third kappa shape index (κ3) is 1.76. The van der Waals surface area contributed by atoms with E-state index in [9.17, 15) is 0 Å². The Hall–Kier alpha value is -1.29. The molecule has 90 valence electrons. The third-order valence-electron chi connectivity index (χ3n) is 3.47. The predicted octanol–water partition coefficient (Wildman–Crippen LogP) is 2.27. The smallest absolute Gasteiger partial charge is 0.181 e. The van der Waals surface area contributed by atoms with Gasteiger partial charge in [-0.3, -0.25) is 0 Å². The van der Waals surface area contributed by atoms with Crippen molar-refractivity contribution in [2.24, 2.45) is 0 Å². The van der Waals surface area contributed by atoms with Crippen LogP contribution in [0.2, 0.25) is 0 Å². The molecule has 0 spiro atoms. The van der Waals surface area contributed by atoms with Gasteiger partial charge < -0.3 is 15.4 Å². The van der Waals surface area contributed by atoms with E-state index in [1.54, 1.807) is 0 Å². The Morgan fingerprint density at radius 3 is 3.12 bits per heavy atom. The molecule has 1 fully saturated rings. The fourth-order valence-electron chi connectivity index (χ4n) is 2.61. The topological polar surface area (TPSA) is 33.3 Å². The number of hydrogen-bond acceptors (Lipinski definition) is 2. The van der Waals surface area contributed by atoms with Crippen molar-refractivity contribution in [2.75, 3.05) is 0 Å². The molecule has 4 heteroatoms. The summed E-state index contributed by atoms with van der Waals surface area (Å²) in [6, 6.07) is 6.68. The van der Waals surface area contributed by atoms with Crippen LogP contribution < -0.4 is 15.4 Å². The lowest BCUT2D eigenvalue weighted by Crippen LogP contribution is -2.62. The van der Waals surface area contributed by atoms with Crippen LogP contribution in [0.15, 0.2) is 18.2 Å². The van der Waals surface area contributed by atoms with Crippen molar-refractivity contribution < 1.29 is 4.74 Å². The molecule has 3 nitrogen and oxygen atoms in total. The molecule has 2 atom stereocenters. The van der Waals surface area contributed by atoms with E-state index < -0.39 is 0 Å². The van der Waals surface area contributed by atoms with Gasteiger partial charge in [0.2, 0.25) is 0 Å². The fourth-order valence-corrected chi connectivity index (χ4v) is 2.96. The van der Waals surface area contributed by atoms with Crippen LogP contribution in [0.25, 0.3) is 0 Å². The first-order valence-electron chi connectivity index (χ1n) is 6.00. The largest absolute Gasteiger partial charge is 0.468 e. The van der Waals surface area contributed by atoms with Gasteiger partial charge in [0.15, 0.2) is 10.8 Å². The summed E-state index contributed by atoms with van der Waals surface area (Å²) in [5, 5.41) is 7.19. The second kappa shape index (κ2) is 3.60. The van der Waals surface area contributed by atoms with Crippen molar-refractivity contribution in [3.05, 3.63) is 29.3 Å². The lowest BCUT2D eigenvalue weighted by molar-refractivity contribution is 0.0250. The van der Waals surface area contributed by atoms with Gasteiger partial charge in [0, 0.05) is 12.0 Å². The van der Waals surface area contributed by atoms with Gasteiger partial charge in [-0.25, -0.2) is 0 Å². The summed E-state index contributed by atoms with van der Waals surface area (Å²) in [4.78, 5) is 0. The molecule has 0 saturated carbocycles. The van der Waals surface area contributed by atoms with E-state index in [0.717, 1.165) is 18.6 Å². The van der Waals surface area contributed by atoms with Gasteiger partial charge in [0.05, 0.1) is 6.04 Å². The molecule has 2 bridgehead atoms. The van der Waals surface area contributed by atoms with E-state index in [-0.39, 0.29) is 11.8 Å². The van der Waals surface area contributed by atoms with Gasteiger partial charge in [0.25, 0.3) is 0 Å².